The predicted octanol–water partition coefficient (Wildman–Crippen LogP) is 5.71. The summed E-state index contributed by atoms with van der Waals surface area (Å²) in [5, 5.41) is 12.1. The van der Waals surface area contributed by atoms with Crippen molar-refractivity contribution in [1.29, 1.82) is 5.26 Å². The van der Waals surface area contributed by atoms with Crippen LogP contribution < -0.4 is 10.1 Å². The summed E-state index contributed by atoms with van der Waals surface area (Å²) < 4.78 is 20.4. The van der Waals surface area contributed by atoms with Crippen LogP contribution >= 0.6 is 15.9 Å². The predicted molar refractivity (Wildman–Crippen MR) is 114 cm³/mol. The van der Waals surface area contributed by atoms with Gasteiger partial charge in [0.2, 0.25) is 0 Å². The fourth-order valence-corrected chi connectivity index (χ4v) is 2.80. The highest BCUT2D eigenvalue weighted by atomic mass is 79.9. The van der Waals surface area contributed by atoms with Gasteiger partial charge in [0.25, 0.3) is 5.91 Å². The van der Waals surface area contributed by atoms with Gasteiger partial charge in [0, 0.05) is 21.3 Å². The van der Waals surface area contributed by atoms with Crippen molar-refractivity contribution in [1.82, 2.24) is 0 Å². The van der Waals surface area contributed by atoms with Gasteiger partial charge in [-0.15, -0.1) is 0 Å². The smallest absolute Gasteiger partial charge is 0.266 e. The first-order valence-electron chi connectivity index (χ1n) is 8.71. The molecule has 3 aromatic rings. The second-order valence-corrected chi connectivity index (χ2v) is 6.96. The van der Waals surface area contributed by atoms with Crippen LogP contribution in [0.2, 0.25) is 0 Å². The van der Waals surface area contributed by atoms with Crippen LogP contribution in [0.3, 0.4) is 0 Å². The second-order valence-electron chi connectivity index (χ2n) is 6.05. The van der Waals surface area contributed by atoms with Crippen LogP contribution in [-0.4, -0.2) is 5.91 Å². The molecule has 3 aromatic carbocycles. The van der Waals surface area contributed by atoms with Crippen LogP contribution in [0.1, 0.15) is 11.1 Å². The number of anilines is 1. The number of nitrogens with one attached hydrogen (secondary N) is 1. The number of carbonyl (C=O) groups excluding carboxylic acids is 1. The lowest BCUT2D eigenvalue weighted by molar-refractivity contribution is -0.112. The molecular weight excluding hydrogens is 435 g/mol. The molecule has 0 heterocycles. The van der Waals surface area contributed by atoms with Gasteiger partial charge in [-0.2, -0.15) is 5.26 Å². The topological polar surface area (TPSA) is 62.1 Å². The van der Waals surface area contributed by atoms with Crippen LogP contribution in [0.15, 0.2) is 82.8 Å². The summed E-state index contributed by atoms with van der Waals surface area (Å²) in [7, 11) is 0. The number of nitrogens with zero attached hydrogens (tertiary/aromatic N) is 1. The Morgan fingerprint density at radius 2 is 1.76 bits per heavy atom. The molecular formula is C23H16BrFN2O2. The molecule has 0 aliphatic rings. The Hall–Kier alpha value is -3.43. The van der Waals surface area contributed by atoms with Crippen molar-refractivity contribution in [2.24, 2.45) is 0 Å². The number of para-hydroxylation sites is 1. The van der Waals surface area contributed by atoms with Gasteiger partial charge in [0.05, 0.1) is 0 Å². The van der Waals surface area contributed by atoms with Crippen molar-refractivity contribution in [3.8, 4) is 11.8 Å². The summed E-state index contributed by atoms with van der Waals surface area (Å²) in [4.78, 5) is 12.5. The molecule has 144 valence electrons. The Bertz CT molecular complexity index is 1090. The third-order valence-electron chi connectivity index (χ3n) is 4.03. The number of hydrogen-bond acceptors (Lipinski definition) is 3. The number of hydrogen-bond donors (Lipinski definition) is 1. The van der Waals surface area contributed by atoms with Crippen LogP contribution in [0.4, 0.5) is 10.1 Å². The molecule has 0 atom stereocenters. The molecule has 1 N–H and O–H groups in total. The second kappa shape index (κ2) is 9.67. The summed E-state index contributed by atoms with van der Waals surface area (Å²) >= 11 is 3.33. The fourth-order valence-electron chi connectivity index (χ4n) is 2.54. The van der Waals surface area contributed by atoms with E-state index in [0.717, 1.165) is 4.47 Å². The van der Waals surface area contributed by atoms with Gasteiger partial charge in [-0.3, -0.25) is 4.79 Å². The number of rotatable bonds is 6. The monoisotopic (exact) mass is 450 g/mol. The van der Waals surface area contributed by atoms with Crippen molar-refractivity contribution in [3.05, 3.63) is 99.8 Å². The number of ether oxygens (including phenoxy) is 1. The van der Waals surface area contributed by atoms with E-state index in [1.165, 1.54) is 12.1 Å². The molecule has 1 amide bonds. The largest absolute Gasteiger partial charge is 0.488 e. The van der Waals surface area contributed by atoms with E-state index in [1.54, 1.807) is 66.7 Å². The Morgan fingerprint density at radius 1 is 1.07 bits per heavy atom. The van der Waals surface area contributed by atoms with Gasteiger partial charge in [-0.25, -0.2) is 4.39 Å². The average molecular weight is 451 g/mol. The summed E-state index contributed by atoms with van der Waals surface area (Å²) in [6.45, 7) is 0.0322. The van der Waals surface area contributed by atoms with Crippen LogP contribution in [0.5, 0.6) is 5.75 Å². The van der Waals surface area contributed by atoms with Crippen LogP contribution in [0.25, 0.3) is 6.08 Å². The van der Waals surface area contributed by atoms with Crippen molar-refractivity contribution in [2.45, 2.75) is 6.61 Å². The average Bonchev–Trinajstić information content (AvgIpc) is 2.73. The molecule has 3 rings (SSSR count). The molecule has 0 aromatic heterocycles. The lowest BCUT2D eigenvalue weighted by atomic mass is 10.1. The Morgan fingerprint density at radius 3 is 2.48 bits per heavy atom. The Labute approximate surface area is 176 Å². The van der Waals surface area contributed by atoms with E-state index in [-0.39, 0.29) is 18.0 Å². The van der Waals surface area contributed by atoms with E-state index < -0.39 is 5.91 Å². The minimum atomic E-state index is -0.529. The molecule has 0 aliphatic carbocycles. The van der Waals surface area contributed by atoms with E-state index in [9.17, 15) is 14.4 Å². The maximum atomic E-state index is 13.8. The molecule has 29 heavy (non-hydrogen) atoms. The fraction of sp³-hybridized carbons (Fsp3) is 0.0435. The van der Waals surface area contributed by atoms with Crippen molar-refractivity contribution >= 4 is 33.6 Å². The third-order valence-corrected chi connectivity index (χ3v) is 4.56. The van der Waals surface area contributed by atoms with E-state index in [4.69, 9.17) is 4.74 Å². The van der Waals surface area contributed by atoms with Gasteiger partial charge < -0.3 is 10.1 Å². The molecule has 0 spiro atoms. The zero-order valence-corrected chi connectivity index (χ0v) is 16.8. The summed E-state index contributed by atoms with van der Waals surface area (Å²) in [5.41, 5.74) is 1.46. The van der Waals surface area contributed by atoms with E-state index in [1.807, 2.05) is 6.07 Å². The van der Waals surface area contributed by atoms with Crippen LogP contribution in [0, 0.1) is 17.1 Å². The number of nitriles is 1. The minimum absolute atomic E-state index is 0.0322. The molecule has 0 saturated carbocycles. The highest BCUT2D eigenvalue weighted by Crippen LogP contribution is 2.23. The summed E-state index contributed by atoms with van der Waals surface area (Å²) in [6.07, 6.45) is 1.45. The molecule has 0 unspecified atom stereocenters. The number of amides is 1. The van der Waals surface area contributed by atoms with E-state index >= 15 is 0 Å². The minimum Gasteiger partial charge on any atom is -0.488 e. The highest BCUT2D eigenvalue weighted by Gasteiger charge is 2.12. The quantitative estimate of drug-likeness (QED) is 0.386. The molecule has 0 aliphatic heterocycles. The zero-order chi connectivity index (χ0) is 20.6. The maximum absolute atomic E-state index is 13.8. The van der Waals surface area contributed by atoms with Gasteiger partial charge in [-0.1, -0.05) is 52.3 Å². The Balaban J connectivity index is 1.78. The molecule has 4 nitrogen and oxygen atoms in total. The van der Waals surface area contributed by atoms with Gasteiger partial charge in [0.1, 0.15) is 29.8 Å². The first-order chi connectivity index (χ1) is 14.1. The molecule has 0 saturated heterocycles. The summed E-state index contributed by atoms with van der Waals surface area (Å²) in [6, 6.07) is 22.2. The zero-order valence-electron chi connectivity index (χ0n) is 15.2. The molecule has 6 heteroatoms. The van der Waals surface area contributed by atoms with Crippen molar-refractivity contribution < 1.29 is 13.9 Å². The number of carbonyl (C=O) groups is 1. The molecule has 0 radical (unpaired) electrons. The highest BCUT2D eigenvalue weighted by molar-refractivity contribution is 9.10. The van der Waals surface area contributed by atoms with E-state index in [0.29, 0.717) is 22.6 Å². The van der Waals surface area contributed by atoms with E-state index in [2.05, 4.69) is 21.2 Å². The lowest BCUT2D eigenvalue weighted by Crippen LogP contribution is -2.13. The number of benzene rings is 3. The van der Waals surface area contributed by atoms with Crippen molar-refractivity contribution in [2.75, 3.05) is 5.32 Å². The van der Waals surface area contributed by atoms with Crippen LogP contribution in [-0.2, 0) is 11.4 Å². The first-order valence-corrected chi connectivity index (χ1v) is 9.50. The first kappa shape index (κ1) is 20.3. The molecule has 0 fully saturated rings. The standard InChI is InChI=1S/C23H16BrFN2O2/c24-19-9-11-20(12-10-19)27-23(28)18(14-26)13-16-5-2-4-8-22(16)29-15-17-6-1-3-7-21(17)25/h1-13H,15H2,(H,27,28)/b18-13+. The summed E-state index contributed by atoms with van der Waals surface area (Å²) in [5.74, 6) is -0.439. The lowest BCUT2D eigenvalue weighted by Gasteiger charge is -2.10. The normalized spacial score (nSPS) is 10.9. The van der Waals surface area contributed by atoms with Gasteiger partial charge in [0.15, 0.2) is 0 Å². The molecule has 0 bridgehead atoms. The third kappa shape index (κ3) is 5.53. The maximum Gasteiger partial charge on any atom is 0.266 e. The van der Waals surface area contributed by atoms with Gasteiger partial charge >= 0.3 is 0 Å². The SMILES string of the molecule is N#C/C(=C\c1ccccc1OCc1ccccc1F)C(=O)Nc1ccc(Br)cc1. The Kier molecular flexibility index (Phi) is 6.77. The number of halogens is 2. The van der Waals surface area contributed by atoms with Gasteiger partial charge in [-0.05, 0) is 42.5 Å². The van der Waals surface area contributed by atoms with Crippen molar-refractivity contribution in [3.63, 3.8) is 0 Å².